The summed E-state index contributed by atoms with van der Waals surface area (Å²) in [5, 5.41) is 0. The number of aromatic amines is 1. The van der Waals surface area contributed by atoms with Crippen molar-refractivity contribution in [2.24, 2.45) is 5.92 Å². The van der Waals surface area contributed by atoms with Crippen LogP contribution in [0.4, 0.5) is 0 Å². The van der Waals surface area contributed by atoms with Crippen LogP contribution in [-0.2, 0) is 23.2 Å². The Labute approximate surface area is 104 Å². The highest BCUT2D eigenvalue weighted by Crippen LogP contribution is 2.31. The van der Waals surface area contributed by atoms with Crippen molar-refractivity contribution >= 4 is 0 Å². The minimum atomic E-state index is -0.265. The lowest BCUT2D eigenvalue weighted by Crippen LogP contribution is -2.24. The lowest BCUT2D eigenvalue weighted by molar-refractivity contribution is -0.00842. The maximum Gasteiger partial charge on any atom is 0.138 e. The van der Waals surface area contributed by atoms with Gasteiger partial charge in [0, 0.05) is 12.8 Å². The summed E-state index contributed by atoms with van der Waals surface area (Å²) in [4.78, 5) is 8.26. The second kappa shape index (κ2) is 4.81. The van der Waals surface area contributed by atoms with Crippen LogP contribution in [0.3, 0.4) is 0 Å². The van der Waals surface area contributed by atoms with E-state index in [1.165, 1.54) is 24.2 Å². The molecule has 2 rings (SSSR count). The molecule has 17 heavy (non-hydrogen) atoms. The smallest absolute Gasteiger partial charge is 0.138 e. The molecule has 0 aromatic carbocycles. The Balaban J connectivity index is 2.26. The average molecular weight is 236 g/mol. The maximum atomic E-state index is 5.61. The predicted octanol–water partition coefficient (Wildman–Crippen LogP) is 3.20. The van der Waals surface area contributed by atoms with Crippen LogP contribution in [0.25, 0.3) is 0 Å². The quantitative estimate of drug-likeness (QED) is 0.871. The van der Waals surface area contributed by atoms with E-state index in [1.54, 1.807) is 7.11 Å². The van der Waals surface area contributed by atoms with Crippen LogP contribution in [0.15, 0.2) is 0 Å². The molecule has 0 saturated heterocycles. The van der Waals surface area contributed by atoms with E-state index in [4.69, 9.17) is 9.72 Å². The minimum absolute atomic E-state index is 0.265. The molecule has 0 bridgehead atoms. The van der Waals surface area contributed by atoms with Crippen LogP contribution in [0.2, 0.25) is 0 Å². The van der Waals surface area contributed by atoms with E-state index in [9.17, 15) is 0 Å². The van der Waals surface area contributed by atoms with Crippen LogP contribution in [-0.4, -0.2) is 17.1 Å². The highest BCUT2D eigenvalue weighted by molar-refractivity contribution is 5.21. The molecular formula is C14H24N2O. The molecule has 2 atom stereocenters. The maximum absolute atomic E-state index is 5.61. The van der Waals surface area contributed by atoms with Crippen LogP contribution in [0.1, 0.15) is 57.2 Å². The first-order valence-electron chi connectivity index (χ1n) is 6.76. The Morgan fingerprint density at radius 2 is 2.24 bits per heavy atom. The topological polar surface area (TPSA) is 37.9 Å². The van der Waals surface area contributed by atoms with Gasteiger partial charge >= 0.3 is 0 Å². The molecular weight excluding hydrogens is 212 g/mol. The van der Waals surface area contributed by atoms with Crippen LogP contribution < -0.4 is 0 Å². The number of nitrogens with zero attached hydrogens (tertiary/aromatic N) is 1. The fourth-order valence-corrected chi connectivity index (χ4v) is 2.56. The third-order valence-corrected chi connectivity index (χ3v) is 4.35. The summed E-state index contributed by atoms with van der Waals surface area (Å²) in [6.45, 7) is 6.52. The van der Waals surface area contributed by atoms with Crippen molar-refractivity contribution in [1.82, 2.24) is 9.97 Å². The lowest BCUT2D eigenvalue weighted by atomic mass is 9.88. The van der Waals surface area contributed by atoms with Gasteiger partial charge in [0.15, 0.2) is 0 Å². The number of H-pyrrole nitrogens is 1. The normalized spacial score (nSPS) is 23.2. The molecule has 0 spiro atoms. The molecule has 1 aliphatic rings. The molecule has 1 heterocycles. The largest absolute Gasteiger partial charge is 0.371 e. The van der Waals surface area contributed by atoms with E-state index in [-0.39, 0.29) is 5.60 Å². The van der Waals surface area contributed by atoms with Gasteiger partial charge in [-0.1, -0.05) is 20.3 Å². The van der Waals surface area contributed by atoms with Gasteiger partial charge in [0.2, 0.25) is 0 Å². The Hall–Kier alpha value is -0.830. The molecule has 1 N–H and O–H groups in total. The number of aromatic nitrogens is 2. The van der Waals surface area contributed by atoms with Gasteiger partial charge in [0.25, 0.3) is 0 Å². The molecule has 0 fully saturated rings. The van der Waals surface area contributed by atoms with Crippen LogP contribution >= 0.6 is 0 Å². The SMILES string of the molecule is CCC1CCc2nc(C(C)(CC)OC)[nH]c2C1. The van der Waals surface area contributed by atoms with E-state index < -0.39 is 0 Å². The van der Waals surface area contributed by atoms with Gasteiger partial charge < -0.3 is 9.72 Å². The highest BCUT2D eigenvalue weighted by Gasteiger charge is 2.30. The van der Waals surface area contributed by atoms with E-state index in [1.807, 2.05) is 0 Å². The Kier molecular flexibility index (Phi) is 3.57. The summed E-state index contributed by atoms with van der Waals surface area (Å²) in [6.07, 6.45) is 5.76. The summed E-state index contributed by atoms with van der Waals surface area (Å²) in [5.41, 5.74) is 2.34. The first-order chi connectivity index (χ1) is 8.12. The van der Waals surface area contributed by atoms with E-state index >= 15 is 0 Å². The van der Waals surface area contributed by atoms with Gasteiger partial charge in [-0.2, -0.15) is 0 Å². The van der Waals surface area contributed by atoms with Crippen molar-refractivity contribution in [2.75, 3.05) is 7.11 Å². The summed E-state index contributed by atoms with van der Waals surface area (Å²) < 4.78 is 5.61. The summed E-state index contributed by atoms with van der Waals surface area (Å²) in [7, 11) is 1.76. The van der Waals surface area contributed by atoms with Gasteiger partial charge in [0.05, 0.1) is 5.69 Å². The fraction of sp³-hybridized carbons (Fsp3) is 0.786. The number of aryl methyl sites for hydroxylation is 1. The molecule has 0 amide bonds. The molecule has 0 saturated carbocycles. The number of hydrogen-bond donors (Lipinski definition) is 1. The zero-order chi connectivity index (χ0) is 12.5. The van der Waals surface area contributed by atoms with E-state index in [2.05, 4.69) is 25.8 Å². The number of imidazole rings is 1. The third kappa shape index (κ3) is 2.25. The summed E-state index contributed by atoms with van der Waals surface area (Å²) in [5.74, 6) is 1.83. The van der Waals surface area contributed by atoms with Crippen molar-refractivity contribution < 1.29 is 4.74 Å². The standard InChI is InChI=1S/C14H24N2O/c1-5-10-7-8-11-12(9-10)16-13(15-11)14(3,6-2)17-4/h10H,5-9H2,1-4H3,(H,15,16). The molecule has 2 unspecified atom stereocenters. The van der Waals surface area contributed by atoms with Crippen LogP contribution in [0.5, 0.6) is 0 Å². The number of rotatable bonds is 4. The van der Waals surface area contributed by atoms with Crippen molar-refractivity contribution in [3.05, 3.63) is 17.2 Å². The number of methoxy groups -OCH3 is 1. The number of hydrogen-bond acceptors (Lipinski definition) is 2. The monoisotopic (exact) mass is 236 g/mol. The molecule has 0 radical (unpaired) electrons. The predicted molar refractivity (Wildman–Crippen MR) is 69.0 cm³/mol. The van der Waals surface area contributed by atoms with Crippen molar-refractivity contribution in [1.29, 1.82) is 0 Å². The Morgan fingerprint density at radius 3 is 2.82 bits per heavy atom. The highest BCUT2D eigenvalue weighted by atomic mass is 16.5. The second-order valence-electron chi connectivity index (χ2n) is 5.32. The second-order valence-corrected chi connectivity index (χ2v) is 5.32. The summed E-state index contributed by atoms with van der Waals surface area (Å²) >= 11 is 0. The molecule has 1 aromatic rings. The van der Waals surface area contributed by atoms with Gasteiger partial charge in [-0.25, -0.2) is 4.98 Å². The van der Waals surface area contributed by atoms with E-state index in [0.717, 1.165) is 31.0 Å². The average Bonchev–Trinajstić information content (AvgIpc) is 2.80. The number of fused-ring (bicyclic) bond motifs is 1. The van der Waals surface area contributed by atoms with Gasteiger partial charge in [-0.15, -0.1) is 0 Å². The van der Waals surface area contributed by atoms with Gasteiger partial charge in [-0.3, -0.25) is 0 Å². The summed E-state index contributed by atoms with van der Waals surface area (Å²) in [6, 6.07) is 0. The van der Waals surface area contributed by atoms with Crippen LogP contribution in [0, 0.1) is 5.92 Å². The Morgan fingerprint density at radius 1 is 1.47 bits per heavy atom. The lowest BCUT2D eigenvalue weighted by Gasteiger charge is -2.23. The molecule has 3 heteroatoms. The first kappa shape index (κ1) is 12.6. The fourth-order valence-electron chi connectivity index (χ4n) is 2.56. The zero-order valence-corrected chi connectivity index (χ0v) is 11.5. The third-order valence-electron chi connectivity index (χ3n) is 4.35. The Bertz CT molecular complexity index is 380. The minimum Gasteiger partial charge on any atom is -0.371 e. The zero-order valence-electron chi connectivity index (χ0n) is 11.5. The van der Waals surface area contributed by atoms with Gasteiger partial charge in [-0.05, 0) is 38.5 Å². The number of ether oxygens (including phenoxy) is 1. The molecule has 3 nitrogen and oxygen atoms in total. The first-order valence-corrected chi connectivity index (χ1v) is 6.76. The van der Waals surface area contributed by atoms with Crippen molar-refractivity contribution in [2.45, 2.75) is 58.5 Å². The molecule has 0 aliphatic heterocycles. The molecule has 1 aliphatic carbocycles. The molecule has 1 aromatic heterocycles. The number of nitrogens with one attached hydrogen (secondary N) is 1. The molecule has 96 valence electrons. The van der Waals surface area contributed by atoms with E-state index in [0.29, 0.717) is 0 Å². The van der Waals surface area contributed by atoms with Gasteiger partial charge in [0.1, 0.15) is 11.4 Å². The van der Waals surface area contributed by atoms with Crippen molar-refractivity contribution in [3.8, 4) is 0 Å². The van der Waals surface area contributed by atoms with Crippen molar-refractivity contribution in [3.63, 3.8) is 0 Å².